The fraction of sp³-hybridized carbons (Fsp3) is 0.333. The number of piperazine rings is 1. The maximum absolute atomic E-state index is 12.4. The minimum Gasteiger partial charge on any atom is -0.484 e. The van der Waals surface area contributed by atoms with Gasteiger partial charge in [0.25, 0.3) is 5.91 Å². The molecule has 6 heteroatoms. The van der Waals surface area contributed by atoms with Crippen molar-refractivity contribution < 1.29 is 9.53 Å². The minimum atomic E-state index is 0.0372. The quantitative estimate of drug-likeness (QED) is 0.692. The Morgan fingerprint density at radius 2 is 1.74 bits per heavy atom. The first kappa shape index (κ1) is 17.8. The van der Waals surface area contributed by atoms with Crippen molar-refractivity contribution in [2.24, 2.45) is 0 Å². The number of hydrogen-bond acceptors (Lipinski definition) is 5. The molecule has 1 aliphatic heterocycles. The fourth-order valence-electron chi connectivity index (χ4n) is 3.17. The van der Waals surface area contributed by atoms with Gasteiger partial charge in [0.15, 0.2) is 11.7 Å². The molecule has 0 bridgehead atoms. The summed E-state index contributed by atoms with van der Waals surface area (Å²) in [7, 11) is 0. The lowest BCUT2D eigenvalue weighted by Crippen LogP contribution is -2.50. The zero-order chi connectivity index (χ0) is 18.8. The van der Waals surface area contributed by atoms with Crippen molar-refractivity contribution in [1.29, 1.82) is 0 Å². The number of aryl methyl sites for hydroxylation is 2. The second kappa shape index (κ2) is 7.56. The molecule has 4 rings (SSSR count). The van der Waals surface area contributed by atoms with Gasteiger partial charge in [0.2, 0.25) is 0 Å². The number of anilines is 1. The third-order valence-electron chi connectivity index (χ3n) is 4.82. The zero-order valence-electron chi connectivity index (χ0n) is 15.6. The topological polar surface area (TPSA) is 45.7 Å². The summed E-state index contributed by atoms with van der Waals surface area (Å²) in [6.45, 7) is 7.21. The summed E-state index contributed by atoms with van der Waals surface area (Å²) in [5.74, 6) is 0.771. The molecule has 0 radical (unpaired) electrons. The summed E-state index contributed by atoms with van der Waals surface area (Å²) >= 11 is 1.72. The van der Waals surface area contributed by atoms with Crippen molar-refractivity contribution in [3.05, 3.63) is 53.6 Å². The molecule has 0 aliphatic carbocycles. The molecule has 2 heterocycles. The number of hydrogen-bond donors (Lipinski definition) is 0. The van der Waals surface area contributed by atoms with Crippen molar-refractivity contribution in [2.75, 3.05) is 37.7 Å². The van der Waals surface area contributed by atoms with Crippen molar-refractivity contribution in [3.63, 3.8) is 0 Å². The highest BCUT2D eigenvalue weighted by atomic mass is 32.1. The lowest BCUT2D eigenvalue weighted by Gasteiger charge is -2.34. The van der Waals surface area contributed by atoms with Crippen molar-refractivity contribution >= 4 is 32.6 Å². The molecule has 1 fully saturated rings. The Morgan fingerprint density at radius 3 is 2.48 bits per heavy atom. The van der Waals surface area contributed by atoms with E-state index in [0.717, 1.165) is 29.5 Å². The van der Waals surface area contributed by atoms with Gasteiger partial charge in [-0.15, -0.1) is 0 Å². The Bertz CT molecular complexity index is 944. The molecule has 140 valence electrons. The molecule has 0 N–H and O–H groups in total. The number of thiazole rings is 1. The van der Waals surface area contributed by atoms with Crippen LogP contribution in [0.5, 0.6) is 5.75 Å². The van der Waals surface area contributed by atoms with E-state index in [9.17, 15) is 4.79 Å². The molecule has 27 heavy (non-hydrogen) atoms. The average Bonchev–Trinajstić information content (AvgIpc) is 3.10. The van der Waals surface area contributed by atoms with Gasteiger partial charge in [-0.05, 0) is 43.7 Å². The Kier molecular flexibility index (Phi) is 4.99. The monoisotopic (exact) mass is 381 g/mol. The van der Waals surface area contributed by atoms with Gasteiger partial charge < -0.3 is 14.5 Å². The molecule has 0 atom stereocenters. The Hall–Kier alpha value is -2.60. The first-order valence-corrected chi connectivity index (χ1v) is 9.99. The summed E-state index contributed by atoms with van der Waals surface area (Å²) in [6, 6.07) is 14.1. The number of benzene rings is 2. The predicted molar refractivity (Wildman–Crippen MR) is 110 cm³/mol. The van der Waals surface area contributed by atoms with E-state index < -0.39 is 0 Å². The highest BCUT2D eigenvalue weighted by molar-refractivity contribution is 7.22. The molecule has 0 saturated carbocycles. The van der Waals surface area contributed by atoms with Gasteiger partial charge in [0.05, 0.1) is 10.2 Å². The molecule has 2 aromatic carbocycles. The van der Waals surface area contributed by atoms with Crippen LogP contribution in [0.3, 0.4) is 0 Å². The molecule has 0 spiro atoms. The standard InChI is InChI=1S/C21H23N3O2S/c1-15-3-6-17(7-4-15)26-14-20(25)23-9-11-24(12-10-23)21-22-18-8-5-16(2)13-19(18)27-21/h3-8,13H,9-12,14H2,1-2H3. The van der Waals surface area contributed by atoms with Crippen LogP contribution in [0.4, 0.5) is 5.13 Å². The van der Waals surface area contributed by atoms with Gasteiger partial charge in [0, 0.05) is 26.2 Å². The van der Waals surface area contributed by atoms with E-state index in [2.05, 4.69) is 30.0 Å². The molecule has 5 nitrogen and oxygen atoms in total. The smallest absolute Gasteiger partial charge is 0.260 e. The van der Waals surface area contributed by atoms with Crippen molar-refractivity contribution in [3.8, 4) is 5.75 Å². The number of ether oxygens (including phenoxy) is 1. The van der Waals surface area contributed by atoms with Crippen LogP contribution >= 0.6 is 11.3 Å². The number of fused-ring (bicyclic) bond motifs is 1. The minimum absolute atomic E-state index is 0.0372. The van der Waals surface area contributed by atoms with Gasteiger partial charge >= 0.3 is 0 Å². The van der Waals surface area contributed by atoms with E-state index in [4.69, 9.17) is 9.72 Å². The number of carbonyl (C=O) groups excluding carboxylic acids is 1. The van der Waals surface area contributed by atoms with Crippen LogP contribution < -0.4 is 9.64 Å². The number of nitrogens with zero attached hydrogens (tertiary/aromatic N) is 3. The number of rotatable bonds is 4. The van der Waals surface area contributed by atoms with Crippen molar-refractivity contribution in [1.82, 2.24) is 9.88 Å². The van der Waals surface area contributed by atoms with E-state index in [-0.39, 0.29) is 12.5 Å². The largest absolute Gasteiger partial charge is 0.484 e. The predicted octanol–water partition coefficient (Wildman–Crippen LogP) is 3.64. The first-order valence-electron chi connectivity index (χ1n) is 9.18. The van der Waals surface area contributed by atoms with Gasteiger partial charge in [-0.25, -0.2) is 4.98 Å². The van der Waals surface area contributed by atoms with Crippen LogP contribution in [0.25, 0.3) is 10.2 Å². The third-order valence-corrected chi connectivity index (χ3v) is 5.90. The molecular formula is C21H23N3O2S. The zero-order valence-corrected chi connectivity index (χ0v) is 16.5. The highest BCUT2D eigenvalue weighted by Gasteiger charge is 2.23. The molecule has 1 aliphatic rings. The van der Waals surface area contributed by atoms with Crippen LogP contribution in [0.15, 0.2) is 42.5 Å². The van der Waals surface area contributed by atoms with E-state index in [1.165, 1.54) is 15.8 Å². The summed E-state index contributed by atoms with van der Waals surface area (Å²) in [5.41, 5.74) is 3.47. The summed E-state index contributed by atoms with van der Waals surface area (Å²) in [6.07, 6.45) is 0. The lowest BCUT2D eigenvalue weighted by molar-refractivity contribution is -0.133. The highest BCUT2D eigenvalue weighted by Crippen LogP contribution is 2.30. The first-order chi connectivity index (χ1) is 13.1. The Balaban J connectivity index is 1.32. The molecule has 0 unspecified atom stereocenters. The maximum Gasteiger partial charge on any atom is 0.260 e. The second-order valence-corrected chi connectivity index (χ2v) is 7.95. The van der Waals surface area contributed by atoms with Gasteiger partial charge in [-0.2, -0.15) is 0 Å². The summed E-state index contributed by atoms with van der Waals surface area (Å²) < 4.78 is 6.84. The molecule has 3 aromatic rings. The van der Waals surface area contributed by atoms with Gasteiger partial charge in [-0.3, -0.25) is 4.79 Å². The molecule has 1 aromatic heterocycles. The molecule has 1 saturated heterocycles. The number of amides is 1. The molecular weight excluding hydrogens is 358 g/mol. The van der Waals surface area contributed by atoms with E-state index in [1.54, 1.807) is 11.3 Å². The van der Waals surface area contributed by atoms with Crippen LogP contribution in [-0.2, 0) is 4.79 Å². The Morgan fingerprint density at radius 1 is 1.04 bits per heavy atom. The number of aromatic nitrogens is 1. The second-order valence-electron chi connectivity index (χ2n) is 6.94. The summed E-state index contributed by atoms with van der Waals surface area (Å²) in [4.78, 5) is 21.3. The van der Waals surface area contributed by atoms with Crippen molar-refractivity contribution in [2.45, 2.75) is 13.8 Å². The van der Waals surface area contributed by atoms with Crippen LogP contribution in [0, 0.1) is 13.8 Å². The van der Waals surface area contributed by atoms with Crippen LogP contribution in [0.1, 0.15) is 11.1 Å². The Labute approximate surface area is 163 Å². The van der Waals surface area contributed by atoms with E-state index >= 15 is 0 Å². The van der Waals surface area contributed by atoms with Gasteiger partial charge in [0.1, 0.15) is 5.75 Å². The fourth-order valence-corrected chi connectivity index (χ4v) is 4.29. The van der Waals surface area contributed by atoms with E-state index in [0.29, 0.717) is 13.1 Å². The third kappa shape index (κ3) is 4.06. The number of carbonyl (C=O) groups is 1. The van der Waals surface area contributed by atoms with E-state index in [1.807, 2.05) is 36.1 Å². The molecule has 1 amide bonds. The maximum atomic E-state index is 12.4. The van der Waals surface area contributed by atoms with Crippen LogP contribution in [-0.4, -0.2) is 48.6 Å². The van der Waals surface area contributed by atoms with Gasteiger partial charge in [-0.1, -0.05) is 35.1 Å². The SMILES string of the molecule is Cc1ccc(OCC(=O)N2CCN(c3nc4ccc(C)cc4s3)CC2)cc1. The lowest BCUT2D eigenvalue weighted by atomic mass is 10.2. The summed E-state index contributed by atoms with van der Waals surface area (Å²) in [5, 5.41) is 1.04. The van der Waals surface area contributed by atoms with Crippen LogP contribution in [0.2, 0.25) is 0 Å². The normalized spacial score (nSPS) is 14.6. The average molecular weight is 382 g/mol.